The largest absolute Gasteiger partial charge is 0.497 e. The Balaban J connectivity index is 2.44. The Labute approximate surface area is 126 Å². The highest BCUT2D eigenvalue weighted by atomic mass is 32.2. The second kappa shape index (κ2) is 6.93. The van der Waals surface area contributed by atoms with E-state index in [1.807, 2.05) is 12.1 Å². The van der Waals surface area contributed by atoms with Gasteiger partial charge in [-0.3, -0.25) is 4.79 Å². The minimum Gasteiger partial charge on any atom is -0.497 e. The molecule has 0 aliphatic rings. The quantitative estimate of drug-likeness (QED) is 0.865. The maximum atomic E-state index is 11.9. The van der Waals surface area contributed by atoms with E-state index in [4.69, 9.17) is 4.74 Å². The maximum Gasteiger partial charge on any atom is 0.224 e. The highest BCUT2D eigenvalue weighted by Crippen LogP contribution is 2.15. The molecule has 1 amide bonds. The monoisotopic (exact) mass is 313 g/mol. The fourth-order valence-corrected chi connectivity index (χ4v) is 2.61. The van der Waals surface area contributed by atoms with Crippen molar-refractivity contribution < 1.29 is 17.9 Å². The fraction of sp³-hybridized carbons (Fsp3) is 0.533. The van der Waals surface area contributed by atoms with Gasteiger partial charge in [-0.05, 0) is 38.5 Å². The summed E-state index contributed by atoms with van der Waals surface area (Å²) in [6.45, 7) is 5.10. The normalized spacial score (nSPS) is 12.0. The summed E-state index contributed by atoms with van der Waals surface area (Å²) in [7, 11) is -1.63. The zero-order chi connectivity index (χ0) is 16.1. The summed E-state index contributed by atoms with van der Waals surface area (Å²) in [4.78, 5) is 11.8. The van der Waals surface area contributed by atoms with Gasteiger partial charge in [0.05, 0.1) is 24.0 Å². The first-order chi connectivity index (χ1) is 9.65. The Hall–Kier alpha value is -1.56. The number of carbonyl (C=O) groups excluding carboxylic acids is 1. The minimum absolute atomic E-state index is 0.0507. The molecule has 0 saturated heterocycles. The summed E-state index contributed by atoms with van der Waals surface area (Å²) in [5, 5.41) is 2.64. The summed E-state index contributed by atoms with van der Waals surface area (Å²) in [5.41, 5.74) is 0.854. The van der Waals surface area contributed by atoms with Crippen molar-refractivity contribution in [2.75, 3.05) is 19.4 Å². The van der Waals surface area contributed by atoms with E-state index in [0.717, 1.165) is 11.3 Å². The van der Waals surface area contributed by atoms with Crippen molar-refractivity contribution in [1.29, 1.82) is 0 Å². The van der Waals surface area contributed by atoms with Crippen molar-refractivity contribution in [3.8, 4) is 5.75 Å². The molecule has 0 fully saturated rings. The van der Waals surface area contributed by atoms with E-state index in [1.54, 1.807) is 40.0 Å². The van der Waals surface area contributed by atoms with Crippen LogP contribution in [-0.2, 0) is 21.1 Å². The molecule has 0 aliphatic carbocycles. The van der Waals surface area contributed by atoms with Gasteiger partial charge in [-0.25, -0.2) is 8.42 Å². The molecule has 0 spiro atoms. The van der Waals surface area contributed by atoms with E-state index in [0.29, 0.717) is 0 Å². The van der Waals surface area contributed by atoms with Crippen LogP contribution in [0.2, 0.25) is 0 Å². The van der Waals surface area contributed by atoms with E-state index in [9.17, 15) is 13.2 Å². The average Bonchev–Trinajstić information content (AvgIpc) is 2.38. The minimum atomic E-state index is -3.21. The zero-order valence-electron chi connectivity index (χ0n) is 13.0. The van der Waals surface area contributed by atoms with Crippen LogP contribution in [0, 0.1) is 0 Å². The Bertz CT molecular complexity index is 571. The molecule has 0 atom stereocenters. The van der Waals surface area contributed by atoms with Gasteiger partial charge in [-0.15, -0.1) is 0 Å². The standard InChI is InChI=1S/C15H23NO4S/c1-15(2,3)21(18,19)10-9-16-14(17)11-12-5-7-13(20-4)8-6-12/h5-8H,9-11H2,1-4H3,(H,16,17). The van der Waals surface area contributed by atoms with Gasteiger partial charge in [-0.1, -0.05) is 12.1 Å². The van der Waals surface area contributed by atoms with Crippen molar-refractivity contribution in [2.24, 2.45) is 0 Å². The molecule has 0 heterocycles. The van der Waals surface area contributed by atoms with E-state index < -0.39 is 14.6 Å². The Kier molecular flexibility index (Phi) is 5.78. The second-order valence-electron chi connectivity index (χ2n) is 5.81. The molecule has 1 aromatic rings. The number of methoxy groups -OCH3 is 1. The first-order valence-corrected chi connectivity index (χ1v) is 8.43. The van der Waals surface area contributed by atoms with E-state index in [2.05, 4.69) is 5.32 Å². The summed E-state index contributed by atoms with van der Waals surface area (Å²) in [5.74, 6) is 0.491. The number of ether oxygens (including phenoxy) is 1. The van der Waals surface area contributed by atoms with Crippen molar-refractivity contribution in [3.63, 3.8) is 0 Å². The molecule has 0 radical (unpaired) electrons. The Morgan fingerprint density at radius 2 is 1.76 bits per heavy atom. The lowest BCUT2D eigenvalue weighted by Gasteiger charge is -2.19. The molecule has 0 unspecified atom stereocenters. The van der Waals surface area contributed by atoms with Crippen molar-refractivity contribution in [1.82, 2.24) is 5.32 Å². The lowest BCUT2D eigenvalue weighted by atomic mass is 10.1. The van der Waals surface area contributed by atoms with Crippen LogP contribution in [0.25, 0.3) is 0 Å². The number of nitrogens with one attached hydrogen (secondary N) is 1. The van der Waals surface area contributed by atoms with Crippen LogP contribution in [-0.4, -0.2) is 38.5 Å². The first kappa shape index (κ1) is 17.5. The lowest BCUT2D eigenvalue weighted by Crippen LogP contribution is -2.36. The summed E-state index contributed by atoms with van der Waals surface area (Å²) < 4.78 is 28.0. The molecule has 0 aliphatic heterocycles. The topological polar surface area (TPSA) is 72.5 Å². The number of sulfone groups is 1. The molecule has 1 aromatic carbocycles. The first-order valence-electron chi connectivity index (χ1n) is 6.77. The molecule has 118 valence electrons. The summed E-state index contributed by atoms with van der Waals surface area (Å²) in [6, 6.07) is 7.19. The van der Waals surface area contributed by atoms with Crippen LogP contribution >= 0.6 is 0 Å². The van der Waals surface area contributed by atoms with E-state index in [-0.39, 0.29) is 24.6 Å². The molecule has 5 nitrogen and oxygen atoms in total. The van der Waals surface area contributed by atoms with Crippen LogP contribution < -0.4 is 10.1 Å². The molecule has 0 saturated carbocycles. The van der Waals surface area contributed by atoms with E-state index in [1.165, 1.54) is 0 Å². The molecule has 0 bridgehead atoms. The van der Waals surface area contributed by atoms with Crippen LogP contribution in [0.4, 0.5) is 0 Å². The highest BCUT2D eigenvalue weighted by molar-refractivity contribution is 7.92. The fourth-order valence-electron chi connectivity index (χ4n) is 1.62. The Morgan fingerprint density at radius 3 is 2.24 bits per heavy atom. The van der Waals surface area contributed by atoms with Crippen LogP contribution in [0.3, 0.4) is 0 Å². The van der Waals surface area contributed by atoms with Gasteiger partial charge in [-0.2, -0.15) is 0 Å². The van der Waals surface area contributed by atoms with Crippen LogP contribution in [0.5, 0.6) is 5.75 Å². The number of rotatable bonds is 6. The van der Waals surface area contributed by atoms with Crippen molar-refractivity contribution in [2.45, 2.75) is 31.9 Å². The number of hydrogen-bond donors (Lipinski definition) is 1. The summed E-state index contributed by atoms with van der Waals surface area (Å²) in [6.07, 6.45) is 0.222. The SMILES string of the molecule is COc1ccc(CC(=O)NCCS(=O)(=O)C(C)(C)C)cc1. The smallest absolute Gasteiger partial charge is 0.224 e. The van der Waals surface area contributed by atoms with Gasteiger partial charge in [0.1, 0.15) is 5.75 Å². The average molecular weight is 313 g/mol. The number of carbonyl (C=O) groups is 1. The highest BCUT2D eigenvalue weighted by Gasteiger charge is 2.28. The van der Waals surface area contributed by atoms with Gasteiger partial charge < -0.3 is 10.1 Å². The van der Waals surface area contributed by atoms with Gasteiger partial charge in [0.25, 0.3) is 0 Å². The number of hydrogen-bond acceptors (Lipinski definition) is 4. The third-order valence-corrected chi connectivity index (χ3v) is 5.76. The molecular formula is C15H23NO4S. The molecule has 21 heavy (non-hydrogen) atoms. The molecule has 1 rings (SSSR count). The number of benzene rings is 1. The van der Waals surface area contributed by atoms with Gasteiger partial charge in [0, 0.05) is 6.54 Å². The molecule has 6 heteroatoms. The number of amides is 1. The maximum absolute atomic E-state index is 11.9. The van der Waals surface area contributed by atoms with E-state index >= 15 is 0 Å². The third kappa shape index (κ3) is 5.38. The van der Waals surface area contributed by atoms with Crippen LogP contribution in [0.15, 0.2) is 24.3 Å². The van der Waals surface area contributed by atoms with Crippen molar-refractivity contribution in [3.05, 3.63) is 29.8 Å². The van der Waals surface area contributed by atoms with Crippen molar-refractivity contribution >= 4 is 15.7 Å². The Morgan fingerprint density at radius 1 is 1.19 bits per heavy atom. The zero-order valence-corrected chi connectivity index (χ0v) is 13.8. The lowest BCUT2D eigenvalue weighted by molar-refractivity contribution is -0.120. The third-order valence-electron chi connectivity index (χ3n) is 3.15. The van der Waals surface area contributed by atoms with Crippen LogP contribution in [0.1, 0.15) is 26.3 Å². The predicted octanol–water partition coefficient (Wildman–Crippen LogP) is 1.57. The molecular weight excluding hydrogens is 290 g/mol. The van der Waals surface area contributed by atoms with Gasteiger partial charge >= 0.3 is 0 Å². The summed E-state index contributed by atoms with van der Waals surface area (Å²) >= 11 is 0. The van der Waals surface area contributed by atoms with Gasteiger partial charge in [0.2, 0.25) is 5.91 Å². The van der Waals surface area contributed by atoms with Gasteiger partial charge in [0.15, 0.2) is 9.84 Å². The second-order valence-corrected chi connectivity index (χ2v) is 8.67. The molecule has 0 aromatic heterocycles. The molecule has 1 N–H and O–H groups in total. The predicted molar refractivity (Wildman–Crippen MR) is 83.2 cm³/mol.